The third-order valence-electron chi connectivity index (χ3n) is 2.85. The maximum absolute atomic E-state index is 11.9. The van der Waals surface area contributed by atoms with E-state index in [-0.39, 0.29) is 24.6 Å². The molecule has 0 aromatic heterocycles. The molecule has 1 amide bonds. The Morgan fingerprint density at radius 1 is 1.73 bits per heavy atom. The van der Waals surface area contributed by atoms with Crippen LogP contribution in [0.25, 0.3) is 0 Å². The lowest BCUT2D eigenvalue weighted by atomic mass is 10.2. The van der Waals surface area contributed by atoms with Gasteiger partial charge in [-0.3, -0.25) is 4.79 Å². The summed E-state index contributed by atoms with van der Waals surface area (Å²) in [6, 6.07) is -0.0612. The van der Waals surface area contributed by atoms with E-state index < -0.39 is 0 Å². The highest BCUT2D eigenvalue weighted by Gasteiger charge is 2.34. The van der Waals surface area contributed by atoms with Crippen LogP contribution in [-0.2, 0) is 9.53 Å². The van der Waals surface area contributed by atoms with Crippen LogP contribution >= 0.6 is 0 Å². The molecule has 0 spiro atoms. The molecule has 88 valence electrons. The quantitative estimate of drug-likeness (QED) is 0.610. The van der Waals surface area contributed by atoms with Crippen molar-refractivity contribution in [1.29, 1.82) is 0 Å². The van der Waals surface area contributed by atoms with Crippen molar-refractivity contribution >= 4 is 5.91 Å². The zero-order valence-corrected chi connectivity index (χ0v) is 9.40. The van der Waals surface area contributed by atoms with Crippen LogP contribution in [0.5, 0.6) is 0 Å². The Balaban J connectivity index is 2.56. The van der Waals surface area contributed by atoms with Crippen LogP contribution in [-0.4, -0.2) is 61.9 Å². The predicted octanol–water partition coefficient (Wildman–Crippen LogP) is -0.796. The van der Waals surface area contributed by atoms with Crippen molar-refractivity contribution in [2.75, 3.05) is 33.9 Å². The monoisotopic (exact) mass is 216 g/mol. The number of likely N-dealkylation sites (N-methyl/N-ethyl adjacent to an activating group) is 1. The lowest BCUT2D eigenvalue weighted by Crippen LogP contribution is -2.44. The first-order valence-electron chi connectivity index (χ1n) is 5.32. The molecule has 2 N–H and O–H groups in total. The van der Waals surface area contributed by atoms with Gasteiger partial charge in [-0.2, -0.15) is 0 Å². The molecule has 1 saturated heterocycles. The van der Waals surface area contributed by atoms with Gasteiger partial charge in [0, 0.05) is 20.3 Å². The molecule has 15 heavy (non-hydrogen) atoms. The Morgan fingerprint density at radius 3 is 2.93 bits per heavy atom. The first kappa shape index (κ1) is 12.4. The number of ether oxygens (including phenoxy) is 1. The number of rotatable bonds is 6. The topological polar surface area (TPSA) is 61.8 Å². The molecule has 5 heteroatoms. The number of hydrogen-bond acceptors (Lipinski definition) is 4. The maximum Gasteiger partial charge on any atom is 0.240 e. The summed E-state index contributed by atoms with van der Waals surface area (Å²) >= 11 is 0. The van der Waals surface area contributed by atoms with Crippen molar-refractivity contribution in [1.82, 2.24) is 10.2 Å². The Kier molecular flexibility index (Phi) is 5.01. The number of carbonyl (C=O) groups is 1. The summed E-state index contributed by atoms with van der Waals surface area (Å²) < 4.78 is 5.06. The lowest BCUT2D eigenvalue weighted by Gasteiger charge is -2.27. The summed E-state index contributed by atoms with van der Waals surface area (Å²) in [5.74, 6) is 0.119. The molecular formula is C10H20N2O3. The summed E-state index contributed by atoms with van der Waals surface area (Å²) in [6.45, 7) is 1.32. The summed E-state index contributed by atoms with van der Waals surface area (Å²) in [5.41, 5.74) is 0. The summed E-state index contributed by atoms with van der Waals surface area (Å²) in [6.07, 6.45) is 1.41. The molecule has 1 rings (SSSR count). The third-order valence-corrected chi connectivity index (χ3v) is 2.85. The number of nitrogens with zero attached hydrogens (tertiary/aromatic N) is 1. The molecule has 1 heterocycles. The van der Waals surface area contributed by atoms with Crippen molar-refractivity contribution in [2.45, 2.75) is 24.9 Å². The fourth-order valence-corrected chi connectivity index (χ4v) is 2.00. The van der Waals surface area contributed by atoms with Gasteiger partial charge in [0.1, 0.15) is 0 Å². The smallest absolute Gasteiger partial charge is 0.240 e. The number of aliphatic hydroxyl groups is 1. The minimum Gasteiger partial charge on any atom is -0.396 e. The van der Waals surface area contributed by atoms with E-state index in [4.69, 9.17) is 9.84 Å². The minimum absolute atomic E-state index is 0.00542. The molecule has 1 aliphatic rings. The molecular weight excluding hydrogens is 196 g/mol. The Labute approximate surface area is 90.4 Å². The van der Waals surface area contributed by atoms with E-state index in [1.807, 2.05) is 0 Å². The van der Waals surface area contributed by atoms with Crippen LogP contribution in [0.4, 0.5) is 0 Å². The normalized spacial score (nSPS) is 23.5. The number of amides is 1. The van der Waals surface area contributed by atoms with Gasteiger partial charge in [0.15, 0.2) is 0 Å². The number of likely N-dealkylation sites (tertiary alicyclic amines) is 1. The first-order chi connectivity index (χ1) is 7.24. The van der Waals surface area contributed by atoms with Gasteiger partial charge in [-0.25, -0.2) is 0 Å². The number of aliphatic hydroxyl groups excluding tert-OH is 1. The molecule has 2 unspecified atom stereocenters. The van der Waals surface area contributed by atoms with Gasteiger partial charge in [0.25, 0.3) is 0 Å². The van der Waals surface area contributed by atoms with Gasteiger partial charge < -0.3 is 20.1 Å². The van der Waals surface area contributed by atoms with E-state index in [1.54, 1.807) is 19.1 Å². The van der Waals surface area contributed by atoms with Gasteiger partial charge in [-0.05, 0) is 19.9 Å². The summed E-state index contributed by atoms with van der Waals surface area (Å²) in [4.78, 5) is 13.7. The zero-order valence-electron chi connectivity index (χ0n) is 9.40. The predicted molar refractivity (Wildman–Crippen MR) is 56.5 cm³/mol. The van der Waals surface area contributed by atoms with Crippen LogP contribution in [0.3, 0.4) is 0 Å². The Hall–Kier alpha value is -0.650. The molecule has 0 bridgehead atoms. The number of methoxy groups -OCH3 is 1. The fraction of sp³-hybridized carbons (Fsp3) is 0.900. The van der Waals surface area contributed by atoms with Crippen LogP contribution in [0, 0.1) is 0 Å². The average molecular weight is 216 g/mol. The molecule has 1 fully saturated rings. The third kappa shape index (κ3) is 2.90. The number of nitrogens with one attached hydrogen (secondary N) is 1. The van der Waals surface area contributed by atoms with Gasteiger partial charge in [-0.1, -0.05) is 0 Å². The standard InChI is InChI=1S/C10H20N2O3/c1-11-9-3-5-12(10(9)14)8(4-6-13)7-15-2/h8-9,11,13H,3-7H2,1-2H3. The number of hydrogen-bond donors (Lipinski definition) is 2. The molecule has 0 aromatic rings. The van der Waals surface area contributed by atoms with Crippen molar-refractivity contribution in [3.8, 4) is 0 Å². The second kappa shape index (κ2) is 6.05. The largest absolute Gasteiger partial charge is 0.396 e. The number of carbonyl (C=O) groups excluding carboxylic acids is 1. The second-order valence-electron chi connectivity index (χ2n) is 3.78. The van der Waals surface area contributed by atoms with E-state index in [0.29, 0.717) is 13.0 Å². The van der Waals surface area contributed by atoms with E-state index in [9.17, 15) is 4.79 Å². The second-order valence-corrected chi connectivity index (χ2v) is 3.78. The van der Waals surface area contributed by atoms with E-state index in [2.05, 4.69) is 5.32 Å². The van der Waals surface area contributed by atoms with Crippen LogP contribution in [0.15, 0.2) is 0 Å². The minimum atomic E-state index is -0.0666. The molecule has 5 nitrogen and oxygen atoms in total. The van der Waals surface area contributed by atoms with E-state index in [1.165, 1.54) is 0 Å². The Morgan fingerprint density at radius 2 is 2.47 bits per heavy atom. The van der Waals surface area contributed by atoms with Crippen molar-refractivity contribution < 1.29 is 14.6 Å². The molecule has 0 radical (unpaired) electrons. The highest BCUT2D eigenvalue weighted by atomic mass is 16.5. The molecule has 2 atom stereocenters. The summed E-state index contributed by atoms with van der Waals surface area (Å²) in [7, 11) is 3.41. The molecule has 0 saturated carbocycles. The highest BCUT2D eigenvalue weighted by Crippen LogP contribution is 2.16. The van der Waals surface area contributed by atoms with Crippen LogP contribution in [0.1, 0.15) is 12.8 Å². The zero-order chi connectivity index (χ0) is 11.3. The van der Waals surface area contributed by atoms with E-state index in [0.717, 1.165) is 13.0 Å². The van der Waals surface area contributed by atoms with Crippen molar-refractivity contribution in [3.05, 3.63) is 0 Å². The van der Waals surface area contributed by atoms with Gasteiger partial charge in [0.05, 0.1) is 18.7 Å². The molecule has 0 aromatic carbocycles. The van der Waals surface area contributed by atoms with Gasteiger partial charge in [-0.15, -0.1) is 0 Å². The fourth-order valence-electron chi connectivity index (χ4n) is 2.00. The lowest BCUT2D eigenvalue weighted by molar-refractivity contribution is -0.132. The van der Waals surface area contributed by atoms with Crippen LogP contribution < -0.4 is 5.32 Å². The van der Waals surface area contributed by atoms with Crippen LogP contribution in [0.2, 0.25) is 0 Å². The van der Waals surface area contributed by atoms with Crippen molar-refractivity contribution in [2.24, 2.45) is 0 Å². The van der Waals surface area contributed by atoms with Gasteiger partial charge in [0.2, 0.25) is 5.91 Å². The highest BCUT2D eigenvalue weighted by molar-refractivity contribution is 5.84. The first-order valence-corrected chi connectivity index (χ1v) is 5.32. The Bertz CT molecular complexity index is 205. The molecule has 0 aliphatic carbocycles. The van der Waals surface area contributed by atoms with E-state index >= 15 is 0 Å². The average Bonchev–Trinajstić information content (AvgIpc) is 2.59. The van der Waals surface area contributed by atoms with Gasteiger partial charge >= 0.3 is 0 Å². The summed E-state index contributed by atoms with van der Waals surface area (Å²) in [5, 5.41) is 11.9. The molecule has 1 aliphatic heterocycles. The van der Waals surface area contributed by atoms with Crippen molar-refractivity contribution in [3.63, 3.8) is 0 Å². The maximum atomic E-state index is 11.9. The SMILES string of the molecule is CNC1CCN(C(CCO)COC)C1=O.